The van der Waals surface area contributed by atoms with Gasteiger partial charge in [0.1, 0.15) is 23.7 Å². The average molecular weight is 610 g/mol. The summed E-state index contributed by atoms with van der Waals surface area (Å²) in [7, 11) is 0. The fourth-order valence-electron chi connectivity index (χ4n) is 4.71. The first-order valence-corrected chi connectivity index (χ1v) is 13.6. The lowest BCUT2D eigenvalue weighted by molar-refractivity contribution is -0.0589. The third-order valence-corrected chi connectivity index (χ3v) is 7.19. The van der Waals surface area contributed by atoms with E-state index in [0.29, 0.717) is 41.5 Å². The first-order valence-electron chi connectivity index (χ1n) is 13.3. The van der Waals surface area contributed by atoms with E-state index in [1.165, 1.54) is 36.5 Å². The van der Waals surface area contributed by atoms with Gasteiger partial charge < -0.3 is 23.9 Å². The Labute approximate surface area is 248 Å². The molecule has 0 saturated carbocycles. The summed E-state index contributed by atoms with van der Waals surface area (Å²) in [5, 5.41) is 9.66. The number of carbonyl (C=O) groups is 1. The average Bonchev–Trinajstić information content (AvgIpc) is 3.29. The first kappa shape index (κ1) is 28.5. The number of fused-ring (bicyclic) bond motifs is 1. The molecule has 1 aliphatic rings. The lowest BCUT2D eigenvalue weighted by Crippen LogP contribution is -2.31. The van der Waals surface area contributed by atoms with Crippen LogP contribution in [0.4, 0.5) is 13.2 Å². The molecule has 6 rings (SSSR count). The van der Waals surface area contributed by atoms with Gasteiger partial charge in [0.05, 0.1) is 29.4 Å². The lowest BCUT2D eigenvalue weighted by atomic mass is 10.1. The molecule has 1 saturated heterocycles. The number of halogens is 4. The Hall–Kier alpha value is -4.61. The zero-order valence-corrected chi connectivity index (χ0v) is 23.2. The van der Waals surface area contributed by atoms with Gasteiger partial charge in [-0.05, 0) is 60.5 Å². The fraction of sp³-hybridized carbons (Fsp3) is 0.194. The van der Waals surface area contributed by atoms with Crippen molar-refractivity contribution in [3.63, 3.8) is 0 Å². The number of imidazole rings is 1. The molecule has 220 valence electrons. The van der Waals surface area contributed by atoms with Crippen LogP contribution in [0.2, 0.25) is 5.02 Å². The molecule has 3 heterocycles. The topological polar surface area (TPSA) is 95.7 Å². The second-order valence-electron chi connectivity index (χ2n) is 9.94. The van der Waals surface area contributed by atoms with Gasteiger partial charge in [-0.3, -0.25) is 4.98 Å². The summed E-state index contributed by atoms with van der Waals surface area (Å²) in [5.74, 6) is -2.54. The number of rotatable bonds is 10. The Bertz CT molecular complexity index is 1840. The molecule has 3 aromatic carbocycles. The molecular formula is C31H23ClF3N3O5. The molecule has 12 heteroatoms. The molecule has 1 N–H and O–H groups in total. The minimum atomic E-state index is -1.25. The van der Waals surface area contributed by atoms with Crippen LogP contribution in [0.5, 0.6) is 17.2 Å². The Morgan fingerprint density at radius 1 is 1.02 bits per heavy atom. The number of pyridine rings is 1. The van der Waals surface area contributed by atoms with Crippen LogP contribution >= 0.6 is 11.6 Å². The maximum Gasteiger partial charge on any atom is 0.335 e. The normalized spacial score (nSPS) is 14.5. The fourth-order valence-corrected chi connectivity index (χ4v) is 4.87. The second kappa shape index (κ2) is 11.9. The van der Waals surface area contributed by atoms with E-state index in [1.54, 1.807) is 22.8 Å². The third-order valence-electron chi connectivity index (χ3n) is 6.96. The summed E-state index contributed by atoms with van der Waals surface area (Å²) in [6.45, 7) is 0.913. The number of nitrogens with zero attached hydrogens (tertiary/aromatic N) is 3. The predicted octanol–water partition coefficient (Wildman–Crippen LogP) is 6.95. The largest absolute Gasteiger partial charge is 0.484 e. The molecule has 0 amide bonds. The van der Waals surface area contributed by atoms with E-state index >= 15 is 4.39 Å². The second-order valence-corrected chi connectivity index (χ2v) is 10.4. The van der Waals surface area contributed by atoms with Gasteiger partial charge in [0.2, 0.25) is 0 Å². The minimum Gasteiger partial charge on any atom is -0.484 e. The van der Waals surface area contributed by atoms with Gasteiger partial charge in [-0.1, -0.05) is 17.7 Å². The molecule has 0 spiro atoms. The maximum atomic E-state index is 15.2. The quantitative estimate of drug-likeness (QED) is 0.183. The number of benzene rings is 3. The van der Waals surface area contributed by atoms with Crippen LogP contribution in [0, 0.1) is 17.5 Å². The van der Waals surface area contributed by atoms with Crippen molar-refractivity contribution in [1.82, 2.24) is 14.5 Å². The van der Waals surface area contributed by atoms with Crippen molar-refractivity contribution in [1.29, 1.82) is 0 Å². The van der Waals surface area contributed by atoms with E-state index in [1.807, 2.05) is 0 Å². The van der Waals surface area contributed by atoms with E-state index in [4.69, 9.17) is 25.8 Å². The summed E-state index contributed by atoms with van der Waals surface area (Å²) in [6.07, 6.45) is 2.31. The SMILES string of the molecule is O=C(O)c1cc(F)c2nc(Cc3ccc(Oc4ccnc(COc5ccc(Cl)cc5F)c4)c(F)c3)n(CC3CCO3)c2c1. The number of carboxylic acid groups (broad SMARTS) is 1. The van der Waals surface area contributed by atoms with Gasteiger partial charge in [-0.25, -0.2) is 22.9 Å². The van der Waals surface area contributed by atoms with Gasteiger partial charge in [0.25, 0.3) is 0 Å². The molecule has 0 aliphatic carbocycles. The van der Waals surface area contributed by atoms with Crippen molar-refractivity contribution in [3.05, 3.63) is 112 Å². The van der Waals surface area contributed by atoms with Crippen LogP contribution < -0.4 is 9.47 Å². The van der Waals surface area contributed by atoms with Crippen molar-refractivity contribution in [2.75, 3.05) is 6.61 Å². The van der Waals surface area contributed by atoms with Gasteiger partial charge in [0.15, 0.2) is 29.0 Å². The highest BCUT2D eigenvalue weighted by Gasteiger charge is 2.24. The van der Waals surface area contributed by atoms with Crippen molar-refractivity contribution >= 4 is 28.6 Å². The molecule has 0 bridgehead atoms. The highest BCUT2D eigenvalue weighted by atomic mass is 35.5. The molecule has 0 radical (unpaired) electrons. The Morgan fingerprint density at radius 2 is 1.81 bits per heavy atom. The summed E-state index contributed by atoms with van der Waals surface area (Å²) >= 11 is 5.77. The zero-order valence-electron chi connectivity index (χ0n) is 22.4. The summed E-state index contributed by atoms with van der Waals surface area (Å²) in [5.41, 5.74) is 1.15. The van der Waals surface area contributed by atoms with Crippen LogP contribution in [-0.2, 0) is 24.3 Å². The van der Waals surface area contributed by atoms with E-state index in [2.05, 4.69) is 9.97 Å². The highest BCUT2D eigenvalue weighted by Crippen LogP contribution is 2.29. The van der Waals surface area contributed by atoms with Crippen LogP contribution in [0.15, 0.2) is 66.9 Å². The molecule has 8 nitrogen and oxygen atoms in total. The zero-order chi connectivity index (χ0) is 30.1. The van der Waals surface area contributed by atoms with Crippen LogP contribution in [0.3, 0.4) is 0 Å². The standard InChI is InChI=1S/C31H23ClF3N3O5/c32-19-2-4-27(24(34)13-19)42-16-20-14-21(5-7-36-20)43-28-3-1-17(9-23(28)33)10-29-37-30-25(35)11-18(31(39)40)12-26(30)38(29)15-22-6-8-41-22/h1-5,7,9,11-14,22H,6,8,10,15-16H2,(H,39,40). The van der Waals surface area contributed by atoms with E-state index in [-0.39, 0.29) is 46.7 Å². The third kappa shape index (κ3) is 6.27. The first-order chi connectivity index (χ1) is 20.7. The summed E-state index contributed by atoms with van der Waals surface area (Å²) in [4.78, 5) is 20.1. The highest BCUT2D eigenvalue weighted by molar-refractivity contribution is 6.30. The predicted molar refractivity (Wildman–Crippen MR) is 150 cm³/mol. The van der Waals surface area contributed by atoms with E-state index < -0.39 is 23.4 Å². The molecule has 1 aliphatic heterocycles. The van der Waals surface area contributed by atoms with Crippen molar-refractivity contribution in [2.45, 2.75) is 32.1 Å². The Morgan fingerprint density at radius 3 is 2.53 bits per heavy atom. The molecule has 43 heavy (non-hydrogen) atoms. The summed E-state index contributed by atoms with van der Waals surface area (Å²) in [6, 6.07) is 13.9. The molecule has 1 unspecified atom stereocenters. The maximum absolute atomic E-state index is 15.2. The number of ether oxygens (including phenoxy) is 3. The van der Waals surface area contributed by atoms with E-state index in [0.717, 1.165) is 18.6 Å². The van der Waals surface area contributed by atoms with Gasteiger partial charge >= 0.3 is 5.97 Å². The Balaban J connectivity index is 1.20. The molecule has 1 atom stereocenters. The number of carboxylic acids is 1. The number of aromatic nitrogens is 3. The van der Waals surface area contributed by atoms with Crippen molar-refractivity contribution in [3.8, 4) is 17.2 Å². The lowest BCUT2D eigenvalue weighted by Gasteiger charge is -2.27. The number of hydrogen-bond acceptors (Lipinski definition) is 6. The van der Waals surface area contributed by atoms with Gasteiger partial charge in [-0.2, -0.15) is 0 Å². The van der Waals surface area contributed by atoms with Gasteiger partial charge in [-0.15, -0.1) is 0 Å². The number of aromatic carboxylic acids is 1. The summed E-state index contributed by atoms with van der Waals surface area (Å²) < 4.78 is 62.5. The monoisotopic (exact) mass is 609 g/mol. The molecule has 1 fully saturated rings. The van der Waals surface area contributed by atoms with E-state index in [9.17, 15) is 18.7 Å². The minimum absolute atomic E-state index is 0.0120. The van der Waals surface area contributed by atoms with Crippen LogP contribution in [0.1, 0.15) is 33.9 Å². The smallest absolute Gasteiger partial charge is 0.335 e. The van der Waals surface area contributed by atoms with Gasteiger partial charge in [0, 0.05) is 30.3 Å². The Kier molecular flexibility index (Phi) is 7.92. The van der Waals surface area contributed by atoms with Crippen molar-refractivity contribution < 1.29 is 37.3 Å². The number of hydrogen-bond donors (Lipinski definition) is 1. The molecule has 2 aromatic heterocycles. The van der Waals surface area contributed by atoms with Crippen molar-refractivity contribution in [2.24, 2.45) is 0 Å². The molecule has 5 aromatic rings. The van der Waals surface area contributed by atoms with Crippen LogP contribution in [0.25, 0.3) is 11.0 Å². The van der Waals surface area contributed by atoms with Crippen LogP contribution in [-0.4, -0.2) is 38.3 Å². The molecular weight excluding hydrogens is 587 g/mol.